The van der Waals surface area contributed by atoms with Crippen molar-refractivity contribution in [2.24, 2.45) is 5.92 Å². The molecule has 0 aliphatic carbocycles. The van der Waals surface area contributed by atoms with Crippen LogP contribution in [0.3, 0.4) is 0 Å². The molecule has 0 bridgehead atoms. The van der Waals surface area contributed by atoms with Gasteiger partial charge in [-0.15, -0.1) is 0 Å². The maximum absolute atomic E-state index is 13.1. The number of benzene rings is 1. The number of carbonyl (C=O) groups excluding carboxylic acids is 3. The molecule has 2 unspecified atom stereocenters. The highest BCUT2D eigenvalue weighted by Gasteiger charge is 2.37. The van der Waals surface area contributed by atoms with E-state index in [0.717, 1.165) is 22.0 Å². The molecule has 1 aliphatic rings. The van der Waals surface area contributed by atoms with Gasteiger partial charge in [-0.1, -0.05) is 29.8 Å². The zero-order valence-corrected chi connectivity index (χ0v) is 19.9. The monoisotopic (exact) mass is 482 g/mol. The van der Waals surface area contributed by atoms with Crippen molar-refractivity contribution in [1.82, 2.24) is 10.2 Å². The Kier molecular flexibility index (Phi) is 8.70. The summed E-state index contributed by atoms with van der Waals surface area (Å²) in [5, 5.41) is 2.72. The van der Waals surface area contributed by atoms with Crippen LogP contribution in [0.5, 0.6) is 5.75 Å². The molecule has 0 saturated carbocycles. The largest absolute Gasteiger partial charge is 0.480 e. The zero-order valence-electron chi connectivity index (χ0n) is 18.3. The van der Waals surface area contributed by atoms with Crippen LogP contribution in [0.1, 0.15) is 44.7 Å². The van der Waals surface area contributed by atoms with E-state index in [4.69, 9.17) is 9.47 Å². The molecular weight excluding hydrogens is 452 g/mol. The highest BCUT2D eigenvalue weighted by atomic mass is 79.9. The maximum atomic E-state index is 13.1. The Balaban J connectivity index is 2.07. The fraction of sp³-hybridized carbons (Fsp3) is 0.591. The molecule has 0 spiro atoms. The van der Waals surface area contributed by atoms with Crippen molar-refractivity contribution in [2.45, 2.75) is 59.6 Å². The second kappa shape index (κ2) is 10.8. The van der Waals surface area contributed by atoms with Crippen molar-refractivity contribution in [1.29, 1.82) is 0 Å². The lowest BCUT2D eigenvalue weighted by molar-refractivity contribution is -0.154. The third kappa shape index (κ3) is 6.45. The predicted octanol–water partition coefficient (Wildman–Crippen LogP) is 3.14. The van der Waals surface area contributed by atoms with E-state index in [1.54, 1.807) is 6.92 Å². The van der Waals surface area contributed by atoms with Crippen LogP contribution in [-0.4, -0.2) is 54.5 Å². The molecule has 2 rings (SSSR count). The summed E-state index contributed by atoms with van der Waals surface area (Å²) in [7, 11) is 0. The number of hydrogen-bond donors (Lipinski definition) is 1. The van der Waals surface area contributed by atoms with Crippen molar-refractivity contribution >= 4 is 33.7 Å². The number of ether oxygens (including phenoxy) is 2. The van der Waals surface area contributed by atoms with Gasteiger partial charge in [0.2, 0.25) is 5.91 Å². The minimum absolute atomic E-state index is 0.168. The fourth-order valence-corrected chi connectivity index (χ4v) is 4.04. The van der Waals surface area contributed by atoms with E-state index >= 15 is 0 Å². The number of rotatable bonds is 8. The zero-order chi connectivity index (χ0) is 22.4. The molecule has 166 valence electrons. The third-order valence-electron chi connectivity index (χ3n) is 5.00. The molecule has 0 aromatic heterocycles. The minimum atomic E-state index is -0.893. The molecule has 2 atom stereocenters. The third-order valence-corrected chi connectivity index (χ3v) is 5.46. The lowest BCUT2D eigenvalue weighted by Crippen LogP contribution is -2.60. The molecule has 1 aromatic rings. The second-order valence-electron chi connectivity index (χ2n) is 8.07. The van der Waals surface area contributed by atoms with Gasteiger partial charge in [0.1, 0.15) is 11.8 Å². The molecule has 1 heterocycles. The number of aryl methyl sites for hydroxylation is 2. The second-order valence-corrected chi connectivity index (χ2v) is 8.99. The van der Waals surface area contributed by atoms with E-state index in [9.17, 15) is 14.4 Å². The molecule has 1 aliphatic heterocycles. The van der Waals surface area contributed by atoms with Crippen molar-refractivity contribution in [3.8, 4) is 5.75 Å². The lowest BCUT2D eigenvalue weighted by Gasteiger charge is -2.36. The number of nitrogens with zero attached hydrogens (tertiary/aromatic N) is 1. The van der Waals surface area contributed by atoms with Crippen molar-refractivity contribution in [3.05, 3.63) is 27.7 Å². The Morgan fingerprint density at radius 1 is 1.23 bits per heavy atom. The topological polar surface area (TPSA) is 84.9 Å². The Morgan fingerprint density at radius 3 is 2.47 bits per heavy atom. The van der Waals surface area contributed by atoms with Gasteiger partial charge in [-0.05, 0) is 56.4 Å². The molecule has 2 amide bonds. The number of halogens is 1. The normalized spacial score (nSPS) is 17.5. The summed E-state index contributed by atoms with van der Waals surface area (Å²) in [5.41, 5.74) is 1.81. The summed E-state index contributed by atoms with van der Waals surface area (Å²) < 4.78 is 12.1. The minimum Gasteiger partial charge on any atom is -0.480 e. The van der Waals surface area contributed by atoms with E-state index < -0.39 is 18.1 Å². The van der Waals surface area contributed by atoms with Gasteiger partial charge >= 0.3 is 5.97 Å². The molecular formula is C22H31BrN2O5. The molecule has 1 fully saturated rings. The van der Waals surface area contributed by atoms with Crippen LogP contribution in [0.2, 0.25) is 0 Å². The van der Waals surface area contributed by atoms with Crippen LogP contribution in [0.25, 0.3) is 0 Å². The first-order chi connectivity index (χ1) is 14.1. The van der Waals surface area contributed by atoms with E-state index in [1.807, 2.05) is 39.8 Å². The van der Waals surface area contributed by atoms with Crippen LogP contribution < -0.4 is 10.1 Å². The van der Waals surface area contributed by atoms with Crippen LogP contribution in [0.4, 0.5) is 0 Å². The molecule has 1 N–H and O–H groups in total. The molecule has 1 aromatic carbocycles. The van der Waals surface area contributed by atoms with Crippen LogP contribution in [-0.2, 0) is 19.1 Å². The summed E-state index contributed by atoms with van der Waals surface area (Å²) in [6, 6.07) is 2.95. The highest BCUT2D eigenvalue weighted by Crippen LogP contribution is 2.28. The first kappa shape index (κ1) is 24.2. The van der Waals surface area contributed by atoms with Crippen LogP contribution >= 0.6 is 15.9 Å². The Morgan fingerprint density at radius 2 is 1.87 bits per heavy atom. The van der Waals surface area contributed by atoms with Gasteiger partial charge in [0, 0.05) is 17.6 Å². The summed E-state index contributed by atoms with van der Waals surface area (Å²) in [6.07, 6.45) is -0.213. The van der Waals surface area contributed by atoms with Gasteiger partial charge in [-0.25, -0.2) is 0 Å². The van der Waals surface area contributed by atoms with Gasteiger partial charge in [0.15, 0.2) is 6.10 Å². The Hall–Kier alpha value is -2.09. The van der Waals surface area contributed by atoms with Crippen molar-refractivity contribution in [3.63, 3.8) is 0 Å². The van der Waals surface area contributed by atoms with E-state index in [2.05, 4.69) is 21.2 Å². The number of carbonyl (C=O) groups is 3. The smallest absolute Gasteiger partial charge is 0.308 e. The standard InChI is InChI=1S/C22H31BrN2O5/c1-13(2)6-9-29-19(26)12-18-21(27)24-7-8-25(18)22(28)16(5)30-20-14(3)10-17(23)11-15(20)4/h10-11,13,16,18H,6-9,12H2,1-5H3,(H,24,27). The van der Waals surface area contributed by atoms with Gasteiger partial charge in [-0.2, -0.15) is 0 Å². The molecule has 1 saturated heterocycles. The highest BCUT2D eigenvalue weighted by molar-refractivity contribution is 9.10. The SMILES string of the molecule is Cc1cc(Br)cc(C)c1OC(C)C(=O)N1CCNC(=O)C1CC(=O)OCCC(C)C. The first-order valence-corrected chi connectivity index (χ1v) is 11.1. The van der Waals surface area contributed by atoms with Gasteiger partial charge in [0.25, 0.3) is 5.91 Å². The lowest BCUT2D eigenvalue weighted by atomic mass is 10.1. The van der Waals surface area contributed by atoms with Crippen molar-refractivity contribution in [2.75, 3.05) is 19.7 Å². The van der Waals surface area contributed by atoms with E-state index in [-0.39, 0.29) is 18.2 Å². The van der Waals surface area contributed by atoms with Crippen LogP contribution in [0.15, 0.2) is 16.6 Å². The number of amides is 2. The number of piperazine rings is 1. The quantitative estimate of drug-likeness (QED) is 0.575. The summed E-state index contributed by atoms with van der Waals surface area (Å²) >= 11 is 3.45. The van der Waals surface area contributed by atoms with Crippen molar-refractivity contribution < 1.29 is 23.9 Å². The maximum Gasteiger partial charge on any atom is 0.308 e. The number of nitrogens with one attached hydrogen (secondary N) is 1. The average molecular weight is 483 g/mol. The predicted molar refractivity (Wildman–Crippen MR) is 117 cm³/mol. The first-order valence-electron chi connectivity index (χ1n) is 10.3. The summed E-state index contributed by atoms with van der Waals surface area (Å²) in [4.78, 5) is 39.1. The van der Waals surface area contributed by atoms with E-state index in [1.165, 1.54) is 4.90 Å². The molecule has 30 heavy (non-hydrogen) atoms. The number of hydrogen-bond acceptors (Lipinski definition) is 5. The van der Waals surface area contributed by atoms with Gasteiger partial charge < -0.3 is 19.7 Å². The number of esters is 1. The average Bonchev–Trinajstić information content (AvgIpc) is 2.65. The van der Waals surface area contributed by atoms with Gasteiger partial charge in [0.05, 0.1) is 13.0 Å². The summed E-state index contributed by atoms with van der Waals surface area (Å²) in [6.45, 7) is 10.5. The molecule has 7 nitrogen and oxygen atoms in total. The molecule has 8 heteroatoms. The van der Waals surface area contributed by atoms with Crippen LogP contribution in [0, 0.1) is 19.8 Å². The summed E-state index contributed by atoms with van der Waals surface area (Å²) in [5.74, 6) is -0.101. The van der Waals surface area contributed by atoms with E-state index in [0.29, 0.717) is 31.4 Å². The Bertz CT molecular complexity index is 773. The Labute approximate surface area is 186 Å². The molecule has 0 radical (unpaired) electrons. The fourth-order valence-electron chi connectivity index (χ4n) is 3.35. The van der Waals surface area contributed by atoms with Gasteiger partial charge in [-0.3, -0.25) is 14.4 Å².